The molecule has 1 saturated heterocycles. The number of benzene rings is 1. The van der Waals surface area contributed by atoms with Gasteiger partial charge in [0.15, 0.2) is 0 Å². The van der Waals surface area contributed by atoms with Crippen LogP contribution in [0, 0.1) is 5.92 Å². The molecule has 1 aliphatic heterocycles. The average molecular weight is 338 g/mol. The molecule has 1 heterocycles. The van der Waals surface area contributed by atoms with Crippen LogP contribution in [-0.4, -0.2) is 50.4 Å². The molecule has 0 bridgehead atoms. The molecule has 23 heavy (non-hydrogen) atoms. The molecule has 2 N–H and O–H groups in total. The van der Waals surface area contributed by atoms with Gasteiger partial charge in [-0.2, -0.15) is 0 Å². The molecule has 6 heteroatoms. The van der Waals surface area contributed by atoms with Crippen molar-refractivity contribution in [2.24, 2.45) is 11.7 Å². The van der Waals surface area contributed by atoms with Gasteiger partial charge in [0.1, 0.15) is 9.84 Å². The summed E-state index contributed by atoms with van der Waals surface area (Å²) < 4.78 is 22.4. The van der Waals surface area contributed by atoms with Crippen molar-refractivity contribution in [3.63, 3.8) is 0 Å². The molecule has 1 amide bonds. The van der Waals surface area contributed by atoms with Crippen molar-refractivity contribution in [1.82, 2.24) is 4.90 Å². The van der Waals surface area contributed by atoms with Crippen LogP contribution in [0.1, 0.15) is 31.2 Å². The van der Waals surface area contributed by atoms with Crippen LogP contribution in [0.15, 0.2) is 30.3 Å². The van der Waals surface area contributed by atoms with E-state index in [4.69, 9.17) is 5.73 Å². The number of piperidine rings is 1. The van der Waals surface area contributed by atoms with Gasteiger partial charge in [0.2, 0.25) is 5.91 Å². The van der Waals surface area contributed by atoms with Crippen molar-refractivity contribution in [2.45, 2.75) is 31.7 Å². The first-order chi connectivity index (χ1) is 10.8. The van der Waals surface area contributed by atoms with Crippen LogP contribution in [0.3, 0.4) is 0 Å². The Morgan fingerprint density at radius 2 is 2.00 bits per heavy atom. The van der Waals surface area contributed by atoms with Gasteiger partial charge >= 0.3 is 0 Å². The zero-order valence-corrected chi connectivity index (χ0v) is 14.6. The monoisotopic (exact) mass is 338 g/mol. The lowest BCUT2D eigenvalue weighted by Crippen LogP contribution is -2.49. The van der Waals surface area contributed by atoms with Gasteiger partial charge in [-0.05, 0) is 30.2 Å². The topological polar surface area (TPSA) is 80.5 Å². The maximum atomic E-state index is 12.4. The van der Waals surface area contributed by atoms with Crippen LogP contribution in [0.4, 0.5) is 0 Å². The molecule has 0 spiro atoms. The van der Waals surface area contributed by atoms with Crippen molar-refractivity contribution in [1.29, 1.82) is 0 Å². The van der Waals surface area contributed by atoms with Crippen molar-refractivity contribution >= 4 is 15.7 Å². The summed E-state index contributed by atoms with van der Waals surface area (Å²) in [7, 11) is -3.09. The third kappa shape index (κ3) is 5.04. The van der Waals surface area contributed by atoms with Gasteiger partial charge < -0.3 is 10.6 Å². The van der Waals surface area contributed by atoms with Gasteiger partial charge in [-0.3, -0.25) is 4.79 Å². The van der Waals surface area contributed by atoms with E-state index in [1.54, 1.807) is 4.90 Å². The second kappa shape index (κ2) is 7.45. The zero-order valence-electron chi connectivity index (χ0n) is 13.8. The third-order valence-corrected chi connectivity index (χ3v) is 5.54. The summed E-state index contributed by atoms with van der Waals surface area (Å²) in [6, 6.07) is 9.63. The van der Waals surface area contributed by atoms with Gasteiger partial charge in [-0.15, -0.1) is 0 Å². The number of likely N-dealkylation sites (tertiary alicyclic amines) is 1. The summed E-state index contributed by atoms with van der Waals surface area (Å²) in [6.45, 7) is 3.50. The maximum Gasteiger partial charge on any atom is 0.239 e. The van der Waals surface area contributed by atoms with Gasteiger partial charge in [-0.25, -0.2) is 8.42 Å². The van der Waals surface area contributed by atoms with Crippen molar-refractivity contribution in [2.75, 3.05) is 25.1 Å². The number of rotatable bonds is 5. The number of hydrogen-bond acceptors (Lipinski definition) is 4. The van der Waals surface area contributed by atoms with Crippen LogP contribution >= 0.6 is 0 Å². The first-order valence-corrected chi connectivity index (χ1v) is 10.1. The SMILES string of the molecule is CC1CN(C(=O)C(N)CCS(C)(=O)=O)CCC1c1ccccc1. The number of nitrogens with zero attached hydrogens (tertiary/aromatic N) is 1. The van der Waals surface area contributed by atoms with Crippen LogP contribution in [0.25, 0.3) is 0 Å². The first-order valence-electron chi connectivity index (χ1n) is 8.05. The van der Waals surface area contributed by atoms with Gasteiger partial charge in [0.25, 0.3) is 0 Å². The highest BCUT2D eigenvalue weighted by atomic mass is 32.2. The van der Waals surface area contributed by atoms with E-state index in [1.807, 2.05) is 18.2 Å². The van der Waals surface area contributed by atoms with E-state index in [0.717, 1.165) is 12.7 Å². The van der Waals surface area contributed by atoms with Crippen LogP contribution in [-0.2, 0) is 14.6 Å². The zero-order chi connectivity index (χ0) is 17.0. The Morgan fingerprint density at radius 1 is 1.35 bits per heavy atom. The van der Waals surface area contributed by atoms with E-state index in [0.29, 0.717) is 24.9 Å². The maximum absolute atomic E-state index is 12.4. The molecular weight excluding hydrogens is 312 g/mol. The minimum absolute atomic E-state index is 0.0457. The predicted molar refractivity (Wildman–Crippen MR) is 91.8 cm³/mol. The van der Waals surface area contributed by atoms with E-state index < -0.39 is 15.9 Å². The summed E-state index contributed by atoms with van der Waals surface area (Å²) in [5.41, 5.74) is 7.20. The van der Waals surface area contributed by atoms with Crippen molar-refractivity contribution in [3.05, 3.63) is 35.9 Å². The molecule has 5 nitrogen and oxygen atoms in total. The van der Waals surface area contributed by atoms with Crippen molar-refractivity contribution in [3.8, 4) is 0 Å². The Labute approximate surface area is 138 Å². The van der Waals surface area contributed by atoms with Gasteiger partial charge in [0.05, 0.1) is 11.8 Å². The highest BCUT2D eigenvalue weighted by Crippen LogP contribution is 2.32. The van der Waals surface area contributed by atoms with E-state index in [9.17, 15) is 13.2 Å². The van der Waals surface area contributed by atoms with Crippen LogP contribution < -0.4 is 5.73 Å². The van der Waals surface area contributed by atoms with Gasteiger partial charge in [-0.1, -0.05) is 37.3 Å². The Balaban J connectivity index is 1.93. The lowest BCUT2D eigenvalue weighted by atomic mass is 9.81. The quantitative estimate of drug-likeness (QED) is 0.880. The highest BCUT2D eigenvalue weighted by molar-refractivity contribution is 7.90. The lowest BCUT2D eigenvalue weighted by molar-refractivity contribution is -0.134. The molecule has 2 rings (SSSR count). The first kappa shape index (κ1) is 17.9. The van der Waals surface area contributed by atoms with Crippen molar-refractivity contribution < 1.29 is 13.2 Å². The number of carbonyl (C=O) groups excluding carboxylic acids is 1. The number of hydrogen-bond donors (Lipinski definition) is 1. The summed E-state index contributed by atoms with van der Waals surface area (Å²) >= 11 is 0. The van der Waals surface area contributed by atoms with E-state index in [2.05, 4.69) is 19.1 Å². The van der Waals surface area contributed by atoms with Crippen LogP contribution in [0.5, 0.6) is 0 Å². The average Bonchev–Trinajstić information content (AvgIpc) is 2.52. The minimum atomic E-state index is -3.09. The summed E-state index contributed by atoms with van der Waals surface area (Å²) in [6.07, 6.45) is 2.26. The fraction of sp³-hybridized carbons (Fsp3) is 0.588. The third-order valence-electron chi connectivity index (χ3n) is 4.56. The molecule has 3 atom stereocenters. The molecule has 1 aliphatic rings. The van der Waals surface area contributed by atoms with E-state index in [1.165, 1.54) is 5.56 Å². The molecule has 1 aromatic rings. The summed E-state index contributed by atoms with van der Waals surface area (Å²) in [4.78, 5) is 14.2. The van der Waals surface area contributed by atoms with E-state index in [-0.39, 0.29) is 18.1 Å². The van der Waals surface area contributed by atoms with Crippen LogP contribution in [0.2, 0.25) is 0 Å². The Kier molecular flexibility index (Phi) is 5.81. The molecule has 1 fully saturated rings. The molecule has 0 aromatic heterocycles. The molecule has 128 valence electrons. The molecule has 1 aromatic carbocycles. The predicted octanol–water partition coefficient (Wildman–Crippen LogP) is 1.40. The van der Waals surface area contributed by atoms with Gasteiger partial charge in [0, 0.05) is 19.3 Å². The molecular formula is C17H26N2O3S. The molecule has 0 radical (unpaired) electrons. The fourth-order valence-corrected chi connectivity index (χ4v) is 3.92. The molecule has 0 saturated carbocycles. The second-order valence-corrected chi connectivity index (χ2v) is 8.85. The second-order valence-electron chi connectivity index (χ2n) is 6.59. The number of sulfone groups is 1. The fourth-order valence-electron chi connectivity index (χ4n) is 3.24. The summed E-state index contributed by atoms with van der Waals surface area (Å²) in [5, 5.41) is 0. The standard InChI is InChI=1S/C17H26N2O3S/c1-13-12-19(17(20)16(18)9-11-23(2,21)22)10-8-15(13)14-6-4-3-5-7-14/h3-7,13,15-16H,8-12,18H2,1-2H3. The highest BCUT2D eigenvalue weighted by Gasteiger charge is 2.31. The number of carbonyl (C=O) groups is 1. The Bertz CT molecular complexity index is 630. The molecule has 3 unspecified atom stereocenters. The minimum Gasteiger partial charge on any atom is -0.341 e. The Morgan fingerprint density at radius 3 is 2.57 bits per heavy atom. The number of nitrogens with two attached hydrogens (primary N) is 1. The lowest BCUT2D eigenvalue weighted by Gasteiger charge is -2.38. The normalized spacial score (nSPS) is 23.5. The smallest absolute Gasteiger partial charge is 0.239 e. The summed E-state index contributed by atoms with van der Waals surface area (Å²) in [5.74, 6) is 0.632. The Hall–Kier alpha value is -1.40. The van der Waals surface area contributed by atoms with E-state index >= 15 is 0 Å². The largest absolute Gasteiger partial charge is 0.341 e. The number of amides is 1. The molecule has 0 aliphatic carbocycles.